The Kier molecular flexibility index (Phi) is 6.32. The minimum absolute atomic E-state index is 0.0403. The van der Waals surface area contributed by atoms with Crippen molar-refractivity contribution in [2.45, 2.75) is 76.4 Å². The fourth-order valence-corrected chi connectivity index (χ4v) is 9.17. The third-order valence-corrected chi connectivity index (χ3v) is 10.7. The highest BCUT2D eigenvalue weighted by atomic mass is 16.5. The van der Waals surface area contributed by atoms with Crippen LogP contribution in [0.5, 0.6) is 0 Å². The van der Waals surface area contributed by atoms with E-state index in [1.165, 1.54) is 0 Å². The van der Waals surface area contributed by atoms with Crippen molar-refractivity contribution in [3.05, 3.63) is 23.4 Å². The number of hydrogen-bond donors (Lipinski definition) is 4. The molecule has 1 heterocycles. The number of carbonyl (C=O) groups is 1. The molecule has 200 valence electrons. The van der Waals surface area contributed by atoms with E-state index in [-0.39, 0.29) is 35.0 Å². The van der Waals surface area contributed by atoms with Gasteiger partial charge < -0.3 is 30.9 Å². The van der Waals surface area contributed by atoms with E-state index in [4.69, 9.17) is 10.5 Å². The van der Waals surface area contributed by atoms with E-state index in [0.717, 1.165) is 57.1 Å². The van der Waals surface area contributed by atoms with Gasteiger partial charge in [-0.3, -0.25) is 4.99 Å². The molecular weight excluding hydrogens is 456 g/mol. The lowest BCUT2D eigenvalue weighted by Gasteiger charge is -2.61. The monoisotopic (exact) mass is 500 g/mol. The predicted octanol–water partition coefficient (Wildman–Crippen LogP) is 2.88. The van der Waals surface area contributed by atoms with Crippen molar-refractivity contribution < 1.29 is 19.7 Å². The molecule has 4 aliphatic carbocycles. The first kappa shape index (κ1) is 25.7. The van der Waals surface area contributed by atoms with E-state index < -0.39 is 17.0 Å². The van der Waals surface area contributed by atoms with Gasteiger partial charge in [-0.2, -0.15) is 0 Å². The van der Waals surface area contributed by atoms with Crippen molar-refractivity contribution in [1.29, 1.82) is 0 Å². The average Bonchev–Trinajstić information content (AvgIpc) is 3.43. The summed E-state index contributed by atoms with van der Waals surface area (Å²) in [6.45, 7) is 5.88. The lowest BCUT2D eigenvalue weighted by Crippen LogP contribution is -2.62. The van der Waals surface area contributed by atoms with Crippen LogP contribution in [0.25, 0.3) is 0 Å². The van der Waals surface area contributed by atoms with Gasteiger partial charge >= 0.3 is 5.97 Å². The SMILES string of the molecule is CN=C(N)N1C=C[C@H](CNC)[C@@]2(C1)[C@@H]1CC[C@@H](C)[C@]23C[C@](O)(COC2(C)CCCC2)C(C(=O)O)=C3C1. The second-order valence-electron chi connectivity index (χ2n) is 12.4. The predicted molar refractivity (Wildman–Crippen MR) is 139 cm³/mol. The number of aliphatic carboxylic acids is 1. The quantitative estimate of drug-likeness (QED) is 0.327. The zero-order chi connectivity index (χ0) is 25.9. The van der Waals surface area contributed by atoms with Gasteiger partial charge in [-0.05, 0) is 75.8 Å². The molecule has 36 heavy (non-hydrogen) atoms. The van der Waals surface area contributed by atoms with Crippen molar-refractivity contribution in [2.75, 3.05) is 33.8 Å². The number of rotatable bonds is 6. The number of nitrogens with zero attached hydrogens (tertiary/aromatic N) is 2. The molecule has 0 amide bonds. The van der Waals surface area contributed by atoms with E-state index in [1.54, 1.807) is 7.05 Å². The number of ether oxygens (including phenoxy) is 1. The van der Waals surface area contributed by atoms with E-state index in [0.29, 0.717) is 24.8 Å². The fraction of sp³-hybridized carbons (Fsp3) is 0.786. The van der Waals surface area contributed by atoms with Crippen LogP contribution in [0.4, 0.5) is 0 Å². The molecule has 2 spiro atoms. The van der Waals surface area contributed by atoms with Gasteiger partial charge in [0, 0.05) is 37.2 Å². The smallest absolute Gasteiger partial charge is 0.334 e. The molecule has 5 aliphatic rings. The van der Waals surface area contributed by atoms with Gasteiger partial charge in [0.25, 0.3) is 0 Å². The lowest BCUT2D eigenvalue weighted by atomic mass is 9.46. The molecule has 3 saturated carbocycles. The van der Waals surface area contributed by atoms with E-state index in [9.17, 15) is 15.0 Å². The Labute approximate surface area is 215 Å². The van der Waals surface area contributed by atoms with E-state index in [2.05, 4.69) is 30.2 Å². The molecule has 2 bridgehead atoms. The first-order valence-corrected chi connectivity index (χ1v) is 13.7. The van der Waals surface area contributed by atoms with Crippen LogP contribution in [0.2, 0.25) is 0 Å². The summed E-state index contributed by atoms with van der Waals surface area (Å²) in [5.74, 6) is 0.231. The third-order valence-electron chi connectivity index (χ3n) is 10.7. The van der Waals surface area contributed by atoms with Gasteiger partial charge in [0.15, 0.2) is 5.96 Å². The maximum absolute atomic E-state index is 12.9. The Hall–Kier alpha value is -1.90. The standard InChI is InChI=1S/C28H44N4O4/c1-18-7-8-19-13-21-22(23(33)34)26(35,17-36-25(2)10-5-6-11-25)15-27(18,21)28(19)16-32(24(29)31-4)12-9-20(28)14-30-3/h9,12,18-20,30,35H,5-8,10-11,13-17H2,1-4H3,(H2,29,31)(H,33,34)/t18-,19-,20-,26+,27+,28-/m1/s1. The summed E-state index contributed by atoms with van der Waals surface area (Å²) in [6, 6.07) is 0. The topological polar surface area (TPSA) is 120 Å². The van der Waals surface area contributed by atoms with Gasteiger partial charge in [0.1, 0.15) is 5.60 Å². The van der Waals surface area contributed by atoms with Gasteiger partial charge in [-0.1, -0.05) is 25.8 Å². The number of aliphatic imine (C=N–C) groups is 1. The second-order valence-corrected chi connectivity index (χ2v) is 12.4. The number of carboxylic acid groups (broad SMARTS) is 1. The third kappa shape index (κ3) is 3.43. The maximum Gasteiger partial charge on any atom is 0.334 e. The molecule has 0 unspecified atom stereocenters. The Balaban J connectivity index is 1.64. The molecular formula is C28H44N4O4. The summed E-state index contributed by atoms with van der Waals surface area (Å²) in [5, 5.41) is 26.2. The van der Waals surface area contributed by atoms with Crippen LogP contribution < -0.4 is 11.1 Å². The highest BCUT2D eigenvalue weighted by molar-refractivity contribution is 5.92. The summed E-state index contributed by atoms with van der Waals surface area (Å²) < 4.78 is 6.40. The number of allylic oxidation sites excluding steroid dienone is 1. The molecule has 0 saturated heterocycles. The summed E-state index contributed by atoms with van der Waals surface area (Å²) in [4.78, 5) is 19.2. The average molecular weight is 501 g/mol. The van der Waals surface area contributed by atoms with Crippen LogP contribution in [0.1, 0.15) is 65.2 Å². The first-order chi connectivity index (χ1) is 17.1. The van der Waals surface area contributed by atoms with Crippen LogP contribution in [-0.4, -0.2) is 72.0 Å². The summed E-state index contributed by atoms with van der Waals surface area (Å²) in [5.41, 5.74) is 5.03. The van der Waals surface area contributed by atoms with Gasteiger partial charge in [-0.15, -0.1) is 0 Å². The molecule has 1 aliphatic heterocycles. The highest BCUT2D eigenvalue weighted by Crippen LogP contribution is 2.77. The molecule has 0 aromatic rings. The molecule has 5 rings (SSSR count). The molecule has 0 radical (unpaired) electrons. The fourth-order valence-electron chi connectivity index (χ4n) is 9.17. The van der Waals surface area contributed by atoms with E-state index >= 15 is 0 Å². The molecule has 6 atom stereocenters. The second kappa shape index (κ2) is 8.84. The van der Waals surface area contributed by atoms with Crippen LogP contribution in [0.3, 0.4) is 0 Å². The van der Waals surface area contributed by atoms with Crippen LogP contribution in [0.15, 0.2) is 28.4 Å². The Morgan fingerprint density at radius 3 is 2.69 bits per heavy atom. The van der Waals surface area contributed by atoms with Crippen molar-refractivity contribution in [2.24, 2.45) is 39.3 Å². The molecule has 0 aromatic carbocycles. The lowest BCUT2D eigenvalue weighted by molar-refractivity contribution is -0.148. The van der Waals surface area contributed by atoms with Crippen molar-refractivity contribution in [1.82, 2.24) is 10.2 Å². The van der Waals surface area contributed by atoms with Crippen LogP contribution in [0, 0.1) is 28.6 Å². The normalized spacial score (nSPS) is 41.4. The van der Waals surface area contributed by atoms with Crippen molar-refractivity contribution in [3.63, 3.8) is 0 Å². The number of hydrogen-bond acceptors (Lipinski definition) is 5. The zero-order valence-corrected chi connectivity index (χ0v) is 22.3. The summed E-state index contributed by atoms with van der Waals surface area (Å²) in [7, 11) is 3.68. The largest absolute Gasteiger partial charge is 0.478 e. The number of nitrogens with two attached hydrogens (primary N) is 1. The number of guanidine groups is 1. The van der Waals surface area contributed by atoms with Crippen LogP contribution >= 0.6 is 0 Å². The van der Waals surface area contributed by atoms with Gasteiger partial charge in [0.05, 0.1) is 17.8 Å². The zero-order valence-electron chi connectivity index (χ0n) is 22.3. The molecule has 5 N–H and O–H groups in total. The Morgan fingerprint density at radius 2 is 2.06 bits per heavy atom. The van der Waals surface area contributed by atoms with Crippen molar-refractivity contribution in [3.8, 4) is 0 Å². The maximum atomic E-state index is 12.9. The minimum atomic E-state index is -1.50. The molecule has 3 fully saturated rings. The van der Waals surface area contributed by atoms with Crippen molar-refractivity contribution >= 4 is 11.9 Å². The first-order valence-electron chi connectivity index (χ1n) is 13.7. The van der Waals surface area contributed by atoms with E-state index in [1.807, 2.05) is 18.1 Å². The van der Waals surface area contributed by atoms with Gasteiger partial charge in [-0.25, -0.2) is 4.79 Å². The Morgan fingerprint density at radius 1 is 1.33 bits per heavy atom. The number of aliphatic hydroxyl groups is 1. The molecule has 8 heteroatoms. The number of carboxylic acids is 1. The molecule has 8 nitrogen and oxygen atoms in total. The molecule has 0 aromatic heterocycles. The number of nitrogens with one attached hydrogen (secondary N) is 1. The summed E-state index contributed by atoms with van der Waals surface area (Å²) in [6.07, 6.45) is 11.6. The van der Waals surface area contributed by atoms with Crippen LogP contribution in [-0.2, 0) is 9.53 Å². The Bertz CT molecular complexity index is 1000. The highest BCUT2D eigenvalue weighted by Gasteiger charge is 2.75. The van der Waals surface area contributed by atoms with Gasteiger partial charge in [0.2, 0.25) is 0 Å². The summed E-state index contributed by atoms with van der Waals surface area (Å²) >= 11 is 0. The minimum Gasteiger partial charge on any atom is -0.478 e.